The molecule has 0 spiro atoms. The third-order valence-corrected chi connectivity index (χ3v) is 19.0. The second-order valence-electron chi connectivity index (χ2n) is 33.8. The second kappa shape index (κ2) is 91.4. The maximum Gasteiger partial charge on any atom is 0.407 e. The maximum atomic E-state index is 13.6. The number of aliphatic carboxylic acids is 2. The Morgan fingerprint density at radius 1 is 0.243 bits per heavy atom. The van der Waals surface area contributed by atoms with Gasteiger partial charge >= 0.3 is 24.0 Å². The van der Waals surface area contributed by atoms with E-state index in [1.807, 2.05) is 0 Å². The fraction of sp³-hybridized carbons (Fsp3) is 0.720. The summed E-state index contributed by atoms with van der Waals surface area (Å²) in [6, 6.07) is 16.8. The van der Waals surface area contributed by atoms with Crippen molar-refractivity contribution in [2.24, 2.45) is 0 Å². The van der Waals surface area contributed by atoms with Crippen LogP contribution in [0.2, 0.25) is 0 Å². The zero-order valence-corrected chi connectivity index (χ0v) is 87.4. The van der Waals surface area contributed by atoms with E-state index in [0.29, 0.717) is 212 Å². The van der Waals surface area contributed by atoms with E-state index in [1.165, 1.54) is 0 Å². The predicted molar refractivity (Wildman–Crippen MR) is 532 cm³/mol. The smallest absolute Gasteiger partial charge is 0.407 e. The van der Waals surface area contributed by atoms with Gasteiger partial charge in [0.1, 0.15) is 46.6 Å². The first-order valence-electron chi connectivity index (χ1n) is 50.0. The Morgan fingerprint density at radius 3 is 0.635 bits per heavy atom. The SMILES string of the molecule is COCCOCCOCCOCCOCCOCCOCCOCCOCCOCCOCCOCCNC(=O)C(Cc1ccc(OCC(=O)O)cc1)NC(=O)CCOCCOCCOCCOCCNC(=O)C(Cc1ccc(OCC(=O)O)cc1)NC(=O)CCOCCOCCOCCOCCNC(=O)C(Cc1ccc(OCC(=O)OC(C)(C)C)cc1)NC(=O)CCOCCOCCOCCOCCNC(=O)OC(C)(C)C. The number of carboxylic acids is 2. The molecule has 148 heavy (non-hydrogen) atoms. The molecule has 0 saturated carbocycles. The van der Waals surface area contributed by atoms with Crippen molar-refractivity contribution in [3.63, 3.8) is 0 Å². The highest BCUT2D eigenvalue weighted by Gasteiger charge is 2.26. The lowest BCUT2D eigenvalue weighted by molar-refractivity contribution is -0.157. The van der Waals surface area contributed by atoms with Gasteiger partial charge in [-0.05, 0) is 94.6 Å². The van der Waals surface area contributed by atoms with E-state index in [2.05, 4.69) is 37.2 Å². The van der Waals surface area contributed by atoms with Crippen LogP contribution in [0.4, 0.5) is 4.79 Å². The standard InChI is InChI=1S/C100H165N7O41/c1-99(2,3)147-94(115)79-146-85-18-12-82(13-19-85)76-88(107-91(110)22-29-123-38-45-131-54-57-135-49-42-127-33-26-104-98(119)148-100(4,5)6)97(118)103-25-32-125-40-47-133-56-53-130-44-37-121-27-20-89(108)105-86(74-80-8-14-83(15-9-80)144-77-92(111)112)95(116)101-23-30-124-39-46-132-55-52-129-43-36-122-28-21-90(109)106-87(75-81-10-16-84(17-11-81)145-78-93(113)114)96(117)102-24-31-126-41-48-134-58-59-137-62-63-139-66-67-141-70-71-143-73-72-142-69-68-140-65-64-138-61-60-136-51-50-128-35-34-120-7/h8-19,86-88H,20-79H2,1-7H3,(H,101,116)(H,102,117)(H,103,118)(H,104,119)(H,105,108)(H,106,109)(H,107,110)(H,111,112)(H,113,114). The van der Waals surface area contributed by atoms with Gasteiger partial charge in [-0.3, -0.25) is 28.8 Å². The highest BCUT2D eigenvalue weighted by atomic mass is 16.6. The molecule has 9 N–H and O–H groups in total. The number of nitrogens with one attached hydrogen (secondary N) is 7. The third kappa shape index (κ3) is 83.3. The molecule has 0 aliphatic carbocycles. The van der Waals surface area contributed by atoms with Gasteiger partial charge in [-0.2, -0.15) is 0 Å². The topological polar surface area (TPSA) is 563 Å². The molecule has 0 aliphatic rings. The quantitative estimate of drug-likeness (QED) is 0.0288. The van der Waals surface area contributed by atoms with Gasteiger partial charge in [0.05, 0.1) is 311 Å². The monoisotopic (exact) mass is 2120 g/mol. The van der Waals surface area contributed by atoms with Crippen LogP contribution in [0.1, 0.15) is 77.5 Å². The van der Waals surface area contributed by atoms with Crippen LogP contribution in [0.3, 0.4) is 0 Å². The van der Waals surface area contributed by atoms with Crippen LogP contribution in [-0.4, -0.2) is 463 Å². The first-order valence-corrected chi connectivity index (χ1v) is 50.0. The number of hydrogen-bond acceptors (Lipinski definition) is 39. The summed E-state index contributed by atoms with van der Waals surface area (Å²) < 4.78 is 159. The number of carboxylic acid groups (broad SMARTS) is 2. The van der Waals surface area contributed by atoms with Crippen molar-refractivity contribution in [2.75, 3.05) is 364 Å². The highest BCUT2D eigenvalue weighted by molar-refractivity contribution is 5.89. The third-order valence-electron chi connectivity index (χ3n) is 19.0. The molecule has 0 aliphatic heterocycles. The number of rotatable bonds is 102. The molecular weight excluding hydrogens is 1960 g/mol. The molecule has 3 rings (SSSR count). The Kier molecular flexibility index (Phi) is 82.0. The van der Waals surface area contributed by atoms with Crippen molar-refractivity contribution in [1.82, 2.24) is 37.2 Å². The van der Waals surface area contributed by atoms with Crippen molar-refractivity contribution in [3.05, 3.63) is 89.5 Å². The van der Waals surface area contributed by atoms with Crippen LogP contribution in [-0.2, 0) is 186 Å². The Balaban J connectivity index is 1.24. The minimum atomic E-state index is -1.15. The van der Waals surface area contributed by atoms with Gasteiger partial charge in [0.2, 0.25) is 35.4 Å². The van der Waals surface area contributed by atoms with Crippen LogP contribution >= 0.6 is 0 Å². The molecule has 7 amide bonds. The molecule has 846 valence electrons. The molecule has 0 fully saturated rings. The van der Waals surface area contributed by atoms with E-state index in [4.69, 9.17) is 148 Å². The van der Waals surface area contributed by atoms with Gasteiger partial charge in [-0.1, -0.05) is 36.4 Å². The van der Waals surface area contributed by atoms with Crippen LogP contribution in [0.25, 0.3) is 0 Å². The van der Waals surface area contributed by atoms with Crippen LogP contribution in [0, 0.1) is 0 Å². The summed E-state index contributed by atoms with van der Waals surface area (Å²) in [6.07, 6.45) is -0.327. The zero-order chi connectivity index (χ0) is 107. The Hall–Kier alpha value is -9.40. The van der Waals surface area contributed by atoms with Crippen molar-refractivity contribution in [3.8, 4) is 17.2 Å². The second-order valence-corrected chi connectivity index (χ2v) is 33.8. The number of esters is 1. The van der Waals surface area contributed by atoms with Gasteiger partial charge in [0.25, 0.3) is 0 Å². The van der Waals surface area contributed by atoms with E-state index in [-0.39, 0.29) is 204 Å². The first kappa shape index (κ1) is 133. The summed E-state index contributed by atoms with van der Waals surface area (Å²) >= 11 is 0. The molecular formula is C100H165N7O41. The largest absolute Gasteiger partial charge is 0.482 e. The molecule has 0 bridgehead atoms. The average molecular weight is 2120 g/mol. The number of alkyl carbamates (subject to hydrolysis) is 1. The number of ether oxygens (including phenoxy) is 29. The van der Waals surface area contributed by atoms with Crippen molar-refractivity contribution < 1.29 is 196 Å². The number of benzene rings is 3. The van der Waals surface area contributed by atoms with Gasteiger partial charge in [0, 0.05) is 71.8 Å². The fourth-order valence-corrected chi connectivity index (χ4v) is 12.0. The number of carbonyl (C=O) groups excluding carboxylic acids is 8. The highest BCUT2D eigenvalue weighted by Crippen LogP contribution is 2.19. The summed E-state index contributed by atoms with van der Waals surface area (Å²) in [5.41, 5.74) is 0.783. The molecule has 3 aromatic carbocycles. The maximum absolute atomic E-state index is 13.6. The lowest BCUT2D eigenvalue weighted by atomic mass is 10.0. The Labute approximate surface area is 868 Å². The lowest BCUT2D eigenvalue weighted by Gasteiger charge is -2.20. The Bertz CT molecular complexity index is 3840. The molecule has 0 radical (unpaired) electrons. The lowest BCUT2D eigenvalue weighted by Crippen LogP contribution is -2.48. The first-order chi connectivity index (χ1) is 71.8. The molecule has 3 unspecified atom stereocenters. The average Bonchev–Trinajstić information content (AvgIpc) is 0.878. The minimum Gasteiger partial charge on any atom is -0.482 e. The minimum absolute atomic E-state index is 0.0262. The molecule has 0 heterocycles. The van der Waals surface area contributed by atoms with Gasteiger partial charge in [-0.15, -0.1) is 0 Å². The summed E-state index contributed by atoms with van der Waals surface area (Å²) in [4.78, 5) is 126. The number of methoxy groups -OCH3 is 1. The van der Waals surface area contributed by atoms with Crippen LogP contribution < -0.4 is 51.4 Å². The molecule has 3 atom stereocenters. The molecule has 48 nitrogen and oxygen atoms in total. The summed E-state index contributed by atoms with van der Waals surface area (Å²) in [6.45, 7) is 24.9. The predicted octanol–water partition coefficient (Wildman–Crippen LogP) is 1.89. The van der Waals surface area contributed by atoms with Gasteiger partial charge in [-0.25, -0.2) is 19.2 Å². The molecule has 0 saturated heterocycles. The fourth-order valence-electron chi connectivity index (χ4n) is 12.0. The molecule has 0 aromatic heterocycles. The van der Waals surface area contributed by atoms with Gasteiger partial charge < -0.3 is 185 Å². The van der Waals surface area contributed by atoms with Crippen LogP contribution in [0.5, 0.6) is 17.2 Å². The molecule has 48 heteroatoms. The van der Waals surface area contributed by atoms with E-state index in [9.17, 15) is 47.9 Å². The summed E-state index contributed by atoms with van der Waals surface area (Å²) in [7, 11) is 1.63. The van der Waals surface area contributed by atoms with Crippen molar-refractivity contribution in [1.29, 1.82) is 0 Å². The number of amides is 7. The summed E-state index contributed by atoms with van der Waals surface area (Å²) in [5, 5.41) is 37.5. The van der Waals surface area contributed by atoms with E-state index in [1.54, 1.807) is 121 Å². The van der Waals surface area contributed by atoms with Crippen molar-refractivity contribution >= 4 is 59.4 Å². The summed E-state index contributed by atoms with van der Waals surface area (Å²) in [5.74, 6) is -4.43. The van der Waals surface area contributed by atoms with E-state index < -0.39 is 102 Å². The van der Waals surface area contributed by atoms with Gasteiger partial charge in [0.15, 0.2) is 19.8 Å². The van der Waals surface area contributed by atoms with E-state index in [0.717, 1.165) is 0 Å². The number of hydrogen-bond donors (Lipinski definition) is 9. The van der Waals surface area contributed by atoms with Crippen molar-refractivity contribution in [2.45, 2.75) is 109 Å². The molecule has 3 aromatic rings. The van der Waals surface area contributed by atoms with Crippen LogP contribution in [0.15, 0.2) is 72.8 Å². The normalized spacial score (nSPS) is 12.1. The zero-order valence-electron chi connectivity index (χ0n) is 87.4. The Morgan fingerprint density at radius 2 is 0.432 bits per heavy atom. The van der Waals surface area contributed by atoms with E-state index >= 15 is 0 Å². The number of carbonyl (C=O) groups is 10.